The maximum atomic E-state index is 12.9. The molecule has 1 aromatic heterocycles. The average molecular weight is 512 g/mol. The van der Waals surface area contributed by atoms with Gasteiger partial charge >= 0.3 is 6.03 Å². The van der Waals surface area contributed by atoms with E-state index < -0.39 is 16.1 Å². The summed E-state index contributed by atoms with van der Waals surface area (Å²) >= 11 is 1.27. The topological polar surface area (TPSA) is 130 Å². The second-order valence-corrected chi connectivity index (χ2v) is 9.66. The minimum Gasteiger partial charge on any atom is -0.497 e. The van der Waals surface area contributed by atoms with E-state index in [-0.39, 0.29) is 10.6 Å². The number of carbonyl (C=O) groups is 1. The number of aromatic nitrogens is 1. The predicted octanol–water partition coefficient (Wildman–Crippen LogP) is 4.64. The molecule has 1 heterocycles. The van der Waals surface area contributed by atoms with E-state index in [2.05, 4.69) is 4.98 Å². The van der Waals surface area contributed by atoms with E-state index in [1.54, 1.807) is 41.5 Å². The first kappa shape index (κ1) is 24.0. The molecule has 180 valence electrons. The molecule has 0 aliphatic heterocycles. The number of ether oxygens (including phenoxy) is 3. The van der Waals surface area contributed by atoms with Crippen molar-refractivity contribution in [3.05, 3.63) is 72.1 Å². The van der Waals surface area contributed by atoms with Gasteiger partial charge in [-0.15, -0.1) is 0 Å². The van der Waals surface area contributed by atoms with E-state index in [0.29, 0.717) is 22.2 Å². The maximum absolute atomic E-state index is 12.9. The van der Waals surface area contributed by atoms with E-state index in [9.17, 15) is 13.2 Å². The molecule has 9 nitrogen and oxygen atoms in total. The molecule has 0 saturated heterocycles. The Hall–Kier alpha value is -4.09. The van der Waals surface area contributed by atoms with Crippen molar-refractivity contribution in [2.75, 3.05) is 14.2 Å². The number of primary amides is 1. The van der Waals surface area contributed by atoms with Gasteiger partial charge in [-0.05, 0) is 53.6 Å². The van der Waals surface area contributed by atoms with Crippen LogP contribution in [0, 0.1) is 0 Å². The largest absolute Gasteiger partial charge is 0.497 e. The Morgan fingerprint density at radius 2 is 1.66 bits per heavy atom. The first-order valence-electron chi connectivity index (χ1n) is 10.2. The number of benzene rings is 3. The highest BCUT2D eigenvalue weighted by Gasteiger charge is 2.23. The zero-order valence-electron chi connectivity index (χ0n) is 18.7. The van der Waals surface area contributed by atoms with E-state index in [0.717, 1.165) is 16.9 Å². The van der Waals surface area contributed by atoms with Gasteiger partial charge in [0.15, 0.2) is 0 Å². The van der Waals surface area contributed by atoms with E-state index in [1.165, 1.54) is 30.6 Å². The van der Waals surface area contributed by atoms with Gasteiger partial charge in [-0.1, -0.05) is 35.6 Å². The second kappa shape index (κ2) is 10.0. The van der Waals surface area contributed by atoms with Gasteiger partial charge in [-0.25, -0.2) is 22.9 Å². The number of amides is 2. The summed E-state index contributed by atoms with van der Waals surface area (Å²) in [7, 11) is -1.24. The van der Waals surface area contributed by atoms with E-state index in [1.807, 2.05) is 30.3 Å². The number of sulfonamides is 1. The van der Waals surface area contributed by atoms with Crippen LogP contribution in [-0.4, -0.2) is 33.7 Å². The lowest BCUT2D eigenvalue weighted by molar-refractivity contribution is 0.253. The van der Waals surface area contributed by atoms with Gasteiger partial charge in [0.25, 0.3) is 15.2 Å². The van der Waals surface area contributed by atoms with Gasteiger partial charge in [0.1, 0.15) is 22.1 Å². The molecule has 2 amide bonds. The van der Waals surface area contributed by atoms with Crippen LogP contribution in [0.5, 0.6) is 22.4 Å². The first-order chi connectivity index (χ1) is 16.8. The third-order valence-corrected chi connectivity index (χ3v) is 7.08. The van der Waals surface area contributed by atoms with E-state index in [4.69, 9.17) is 19.9 Å². The second-order valence-electron chi connectivity index (χ2n) is 7.19. The quantitative estimate of drug-likeness (QED) is 0.352. The van der Waals surface area contributed by atoms with Gasteiger partial charge in [0.05, 0.1) is 19.9 Å². The summed E-state index contributed by atoms with van der Waals surface area (Å²) in [6, 6.07) is 18.0. The molecule has 3 N–H and O–H groups in total. The smallest absolute Gasteiger partial charge is 0.326 e. The Kier molecular flexibility index (Phi) is 6.90. The van der Waals surface area contributed by atoms with Crippen LogP contribution < -0.4 is 24.7 Å². The van der Waals surface area contributed by atoms with Crippen molar-refractivity contribution in [3.63, 3.8) is 0 Å². The summed E-state index contributed by atoms with van der Waals surface area (Å²) in [4.78, 5) is 15.4. The first-order valence-corrected chi connectivity index (χ1v) is 12.5. The highest BCUT2D eigenvalue weighted by Crippen LogP contribution is 2.35. The van der Waals surface area contributed by atoms with Crippen LogP contribution in [0.4, 0.5) is 4.79 Å². The Morgan fingerprint density at radius 3 is 2.31 bits per heavy atom. The molecule has 35 heavy (non-hydrogen) atoms. The fourth-order valence-electron chi connectivity index (χ4n) is 3.28. The number of carbonyl (C=O) groups excluding carboxylic acids is 1. The molecule has 0 radical (unpaired) electrons. The number of nitrogens with one attached hydrogen (secondary N) is 1. The van der Waals surface area contributed by atoms with Crippen LogP contribution in [0.3, 0.4) is 0 Å². The molecular formula is C24H21N3O6S2. The minimum atomic E-state index is -4.33. The monoisotopic (exact) mass is 511 g/mol. The number of rotatable bonds is 8. The van der Waals surface area contributed by atoms with Gasteiger partial charge in [-0.3, -0.25) is 0 Å². The molecule has 0 atom stereocenters. The zero-order chi connectivity index (χ0) is 25.0. The highest BCUT2D eigenvalue weighted by atomic mass is 32.2. The number of urea groups is 1. The number of thiazole rings is 1. The summed E-state index contributed by atoms with van der Waals surface area (Å²) < 4.78 is 43.9. The zero-order valence-corrected chi connectivity index (χ0v) is 20.4. The Morgan fingerprint density at radius 1 is 0.914 bits per heavy atom. The van der Waals surface area contributed by atoms with Gasteiger partial charge in [0.2, 0.25) is 0 Å². The fraction of sp³-hybridized carbons (Fsp3) is 0.0833. The predicted molar refractivity (Wildman–Crippen MR) is 133 cm³/mol. The van der Waals surface area contributed by atoms with Crippen molar-refractivity contribution < 1.29 is 27.4 Å². The molecule has 11 heteroatoms. The lowest BCUT2D eigenvalue weighted by Crippen LogP contribution is -2.35. The average Bonchev–Trinajstić information content (AvgIpc) is 3.33. The van der Waals surface area contributed by atoms with Crippen LogP contribution in [0.15, 0.2) is 77.0 Å². The summed E-state index contributed by atoms with van der Waals surface area (Å²) in [6.07, 6.45) is 0. The SMILES string of the molecule is COc1ccc(-c2cccc(Oc3ccc(-c4csc(OC)n4)cc3S(=O)(=O)NC(N)=O)c2)cc1. The molecule has 3 aromatic carbocycles. The lowest BCUT2D eigenvalue weighted by Gasteiger charge is -2.14. The molecule has 0 bridgehead atoms. The Bertz CT molecular complexity index is 1470. The number of nitrogens with zero attached hydrogens (tertiary/aromatic N) is 1. The molecule has 0 fully saturated rings. The van der Waals surface area contributed by atoms with Gasteiger partial charge in [-0.2, -0.15) is 0 Å². The molecule has 0 aliphatic rings. The standard InChI is InChI=1S/C24H21N3O6S2/c1-31-18-9-6-15(7-10-18)16-4-3-5-19(12-16)33-21-11-8-17(20-14-34-24(26-20)32-2)13-22(21)35(29,30)27-23(25)28/h3-14H,1-2H3,(H3,25,27,28). The van der Waals surface area contributed by atoms with Crippen molar-refractivity contribution in [1.82, 2.24) is 9.71 Å². The minimum absolute atomic E-state index is 0.0107. The summed E-state index contributed by atoms with van der Waals surface area (Å²) in [6.45, 7) is 0. The van der Waals surface area contributed by atoms with Crippen molar-refractivity contribution in [3.8, 4) is 44.8 Å². The molecule has 0 unspecified atom stereocenters. The Balaban J connectivity index is 1.72. The van der Waals surface area contributed by atoms with Crippen LogP contribution in [-0.2, 0) is 10.0 Å². The molecule has 4 aromatic rings. The third-order valence-electron chi connectivity index (χ3n) is 4.91. The third kappa shape index (κ3) is 5.53. The molecule has 0 spiro atoms. The summed E-state index contributed by atoms with van der Waals surface area (Å²) in [5.74, 6) is 1.14. The van der Waals surface area contributed by atoms with E-state index >= 15 is 0 Å². The number of hydrogen-bond acceptors (Lipinski definition) is 8. The Labute approximate surface area is 206 Å². The number of methoxy groups -OCH3 is 2. The number of nitrogens with two attached hydrogens (primary N) is 1. The van der Waals surface area contributed by atoms with Gasteiger partial charge < -0.3 is 19.9 Å². The normalized spacial score (nSPS) is 11.0. The molecule has 0 aliphatic carbocycles. The van der Waals surface area contributed by atoms with Crippen molar-refractivity contribution in [2.24, 2.45) is 5.73 Å². The molecular weight excluding hydrogens is 490 g/mol. The summed E-state index contributed by atoms with van der Waals surface area (Å²) in [5.41, 5.74) is 7.87. The van der Waals surface area contributed by atoms with Crippen LogP contribution in [0.25, 0.3) is 22.4 Å². The summed E-state index contributed by atoms with van der Waals surface area (Å²) in [5, 5.41) is 2.15. The highest BCUT2D eigenvalue weighted by molar-refractivity contribution is 7.90. The lowest BCUT2D eigenvalue weighted by atomic mass is 10.1. The van der Waals surface area contributed by atoms with Crippen molar-refractivity contribution in [2.45, 2.75) is 4.90 Å². The van der Waals surface area contributed by atoms with Crippen LogP contribution >= 0.6 is 11.3 Å². The maximum Gasteiger partial charge on any atom is 0.326 e. The number of hydrogen-bond donors (Lipinski definition) is 2. The van der Waals surface area contributed by atoms with Crippen molar-refractivity contribution >= 4 is 27.4 Å². The van der Waals surface area contributed by atoms with Crippen molar-refractivity contribution in [1.29, 1.82) is 0 Å². The fourth-order valence-corrected chi connectivity index (χ4v) is 4.96. The molecule has 4 rings (SSSR count). The molecule has 0 saturated carbocycles. The van der Waals surface area contributed by atoms with Crippen LogP contribution in [0.2, 0.25) is 0 Å². The van der Waals surface area contributed by atoms with Gasteiger partial charge in [0, 0.05) is 10.9 Å². The van der Waals surface area contributed by atoms with Crippen LogP contribution in [0.1, 0.15) is 0 Å².